The first-order valence-electron chi connectivity index (χ1n) is 9.89. The summed E-state index contributed by atoms with van der Waals surface area (Å²) in [6, 6.07) is 21.9. The number of rotatable bonds is 4. The fraction of sp³-hybridized carbons (Fsp3) is 0.200. The Hall–Kier alpha value is -3.60. The number of hydrogen-bond acceptors (Lipinski definition) is 3. The molecule has 4 rings (SSSR count). The van der Waals surface area contributed by atoms with Crippen LogP contribution in [-0.2, 0) is 9.59 Å². The lowest BCUT2D eigenvalue weighted by Crippen LogP contribution is -2.56. The zero-order chi connectivity index (χ0) is 21.3. The minimum atomic E-state index is -0.750. The van der Waals surface area contributed by atoms with Crippen molar-refractivity contribution in [1.29, 1.82) is 0 Å². The highest BCUT2D eigenvalue weighted by atomic mass is 16.5. The van der Waals surface area contributed by atoms with Gasteiger partial charge in [-0.1, -0.05) is 48.0 Å². The Morgan fingerprint density at radius 2 is 1.53 bits per heavy atom. The lowest BCUT2D eigenvalue weighted by Gasteiger charge is -2.41. The first-order chi connectivity index (χ1) is 14.5. The van der Waals surface area contributed by atoms with Crippen LogP contribution in [0.15, 0.2) is 72.8 Å². The van der Waals surface area contributed by atoms with Gasteiger partial charge in [0.1, 0.15) is 18.3 Å². The van der Waals surface area contributed by atoms with E-state index < -0.39 is 6.04 Å². The quantitative estimate of drug-likeness (QED) is 0.651. The molecule has 0 spiro atoms. The zero-order valence-corrected chi connectivity index (χ0v) is 17.3. The van der Waals surface area contributed by atoms with Crippen molar-refractivity contribution in [2.45, 2.75) is 19.9 Å². The first-order valence-corrected chi connectivity index (χ1v) is 9.89. The van der Waals surface area contributed by atoms with Gasteiger partial charge in [-0.15, -0.1) is 0 Å². The van der Waals surface area contributed by atoms with Crippen molar-refractivity contribution in [3.8, 4) is 5.75 Å². The molecule has 0 saturated carbocycles. The van der Waals surface area contributed by atoms with Gasteiger partial charge >= 0.3 is 0 Å². The second-order valence-electron chi connectivity index (χ2n) is 7.49. The molecule has 1 aliphatic rings. The second kappa shape index (κ2) is 8.03. The minimum absolute atomic E-state index is 0.00418. The van der Waals surface area contributed by atoms with E-state index in [2.05, 4.69) is 0 Å². The van der Waals surface area contributed by atoms with Crippen molar-refractivity contribution in [2.24, 2.45) is 0 Å². The van der Waals surface area contributed by atoms with Crippen LogP contribution in [0, 0.1) is 13.8 Å². The van der Waals surface area contributed by atoms with Crippen LogP contribution in [0.3, 0.4) is 0 Å². The van der Waals surface area contributed by atoms with Gasteiger partial charge in [0.05, 0.1) is 7.11 Å². The molecule has 2 amide bonds. The molecule has 5 heteroatoms. The summed E-state index contributed by atoms with van der Waals surface area (Å²) < 4.78 is 5.26. The number of amides is 2. The molecule has 0 bridgehead atoms. The summed E-state index contributed by atoms with van der Waals surface area (Å²) in [4.78, 5) is 30.3. The molecule has 3 aromatic carbocycles. The standard InChI is InChI=1S/C25H24N2O3/c1-17-8-12-20(13-9-17)27-23(28)16-26(22-7-5-4-6-18(22)2)25(29)24(27)19-10-14-21(30-3)15-11-19/h4-15,24H,16H2,1-3H3. The van der Waals surface area contributed by atoms with Crippen LogP contribution < -0.4 is 14.5 Å². The molecule has 0 aromatic heterocycles. The van der Waals surface area contributed by atoms with Gasteiger partial charge in [-0.3, -0.25) is 14.5 Å². The molecule has 0 aliphatic carbocycles. The molecule has 0 radical (unpaired) electrons. The molecular weight excluding hydrogens is 376 g/mol. The van der Waals surface area contributed by atoms with Gasteiger partial charge in [0, 0.05) is 11.4 Å². The second-order valence-corrected chi connectivity index (χ2v) is 7.49. The zero-order valence-electron chi connectivity index (χ0n) is 17.3. The Kier molecular flexibility index (Phi) is 5.27. The summed E-state index contributed by atoms with van der Waals surface area (Å²) >= 11 is 0. The molecular formula is C25H24N2O3. The molecule has 0 N–H and O–H groups in total. The molecule has 1 aliphatic heterocycles. The van der Waals surface area contributed by atoms with Gasteiger partial charge < -0.3 is 9.64 Å². The predicted molar refractivity (Wildman–Crippen MR) is 118 cm³/mol. The van der Waals surface area contributed by atoms with Crippen molar-refractivity contribution in [1.82, 2.24) is 0 Å². The highest BCUT2D eigenvalue weighted by molar-refractivity contribution is 6.14. The maximum Gasteiger partial charge on any atom is 0.255 e. The van der Waals surface area contributed by atoms with E-state index in [0.29, 0.717) is 11.4 Å². The number of nitrogens with zero attached hydrogens (tertiary/aromatic N) is 2. The monoisotopic (exact) mass is 400 g/mol. The lowest BCUT2D eigenvalue weighted by molar-refractivity contribution is -0.128. The fourth-order valence-electron chi connectivity index (χ4n) is 3.84. The minimum Gasteiger partial charge on any atom is -0.497 e. The van der Waals surface area contributed by atoms with Crippen molar-refractivity contribution < 1.29 is 14.3 Å². The summed E-state index contributed by atoms with van der Waals surface area (Å²) in [7, 11) is 1.60. The molecule has 152 valence electrons. The van der Waals surface area contributed by atoms with Gasteiger partial charge in [0.25, 0.3) is 5.91 Å². The molecule has 1 saturated heterocycles. The molecule has 3 aromatic rings. The fourth-order valence-corrected chi connectivity index (χ4v) is 3.84. The van der Waals surface area contributed by atoms with Crippen molar-refractivity contribution in [2.75, 3.05) is 23.5 Å². The van der Waals surface area contributed by atoms with Crippen molar-refractivity contribution in [3.05, 3.63) is 89.5 Å². The molecule has 1 heterocycles. The Balaban J connectivity index is 1.82. The summed E-state index contributed by atoms with van der Waals surface area (Å²) in [5, 5.41) is 0. The maximum atomic E-state index is 13.7. The smallest absolute Gasteiger partial charge is 0.255 e. The summed E-state index contributed by atoms with van der Waals surface area (Å²) in [6.45, 7) is 3.94. The molecule has 1 atom stereocenters. The van der Waals surface area contributed by atoms with Gasteiger partial charge in [0.15, 0.2) is 0 Å². The highest BCUT2D eigenvalue weighted by Gasteiger charge is 2.42. The Labute approximate surface area is 176 Å². The third-order valence-electron chi connectivity index (χ3n) is 5.47. The summed E-state index contributed by atoms with van der Waals surface area (Å²) in [5.41, 5.74) is 4.27. The Morgan fingerprint density at radius 1 is 0.867 bits per heavy atom. The van der Waals surface area contributed by atoms with Crippen molar-refractivity contribution in [3.63, 3.8) is 0 Å². The van der Waals surface area contributed by atoms with E-state index in [0.717, 1.165) is 22.4 Å². The average Bonchev–Trinajstić information content (AvgIpc) is 2.76. The van der Waals surface area contributed by atoms with E-state index in [-0.39, 0.29) is 18.4 Å². The van der Waals surface area contributed by atoms with E-state index in [4.69, 9.17) is 4.74 Å². The van der Waals surface area contributed by atoms with Gasteiger partial charge in [-0.05, 0) is 55.3 Å². The molecule has 30 heavy (non-hydrogen) atoms. The number of aryl methyl sites for hydroxylation is 2. The SMILES string of the molecule is COc1ccc(C2C(=O)N(c3ccccc3C)CC(=O)N2c2ccc(C)cc2)cc1. The Bertz CT molecular complexity index is 1070. The topological polar surface area (TPSA) is 49.9 Å². The van der Waals surface area contributed by atoms with Crippen LogP contribution in [0.25, 0.3) is 0 Å². The van der Waals surface area contributed by atoms with E-state index in [1.165, 1.54) is 0 Å². The van der Waals surface area contributed by atoms with Gasteiger partial charge in [0.2, 0.25) is 5.91 Å². The normalized spacial score (nSPS) is 16.7. The van der Waals surface area contributed by atoms with Crippen LogP contribution in [0.5, 0.6) is 5.75 Å². The number of carbonyl (C=O) groups excluding carboxylic acids is 2. The number of piperazine rings is 1. The Morgan fingerprint density at radius 3 is 2.17 bits per heavy atom. The third kappa shape index (κ3) is 3.54. The highest BCUT2D eigenvalue weighted by Crippen LogP contribution is 2.36. The van der Waals surface area contributed by atoms with Crippen molar-refractivity contribution >= 4 is 23.2 Å². The summed E-state index contributed by atoms with van der Waals surface area (Å²) in [5.74, 6) is 0.447. The van der Waals surface area contributed by atoms with Gasteiger partial charge in [-0.2, -0.15) is 0 Å². The van der Waals surface area contributed by atoms with Crippen LogP contribution >= 0.6 is 0 Å². The largest absolute Gasteiger partial charge is 0.497 e. The molecule has 1 unspecified atom stereocenters. The number of ether oxygens (including phenoxy) is 1. The summed E-state index contributed by atoms with van der Waals surface area (Å²) in [6.07, 6.45) is 0. The van der Waals surface area contributed by atoms with E-state index in [1.807, 2.05) is 86.6 Å². The number of hydrogen-bond donors (Lipinski definition) is 0. The number of anilines is 2. The lowest BCUT2D eigenvalue weighted by atomic mass is 9.98. The van der Waals surface area contributed by atoms with Gasteiger partial charge in [-0.25, -0.2) is 0 Å². The molecule has 5 nitrogen and oxygen atoms in total. The number of para-hydroxylation sites is 1. The number of methoxy groups -OCH3 is 1. The first kappa shape index (κ1) is 19.7. The maximum absolute atomic E-state index is 13.7. The van der Waals surface area contributed by atoms with Crippen LogP contribution in [-0.4, -0.2) is 25.5 Å². The van der Waals surface area contributed by atoms with Crippen LogP contribution in [0.4, 0.5) is 11.4 Å². The average molecular weight is 400 g/mol. The van der Waals surface area contributed by atoms with E-state index >= 15 is 0 Å². The molecule has 1 fully saturated rings. The number of carbonyl (C=O) groups is 2. The number of benzene rings is 3. The third-order valence-corrected chi connectivity index (χ3v) is 5.47. The van der Waals surface area contributed by atoms with E-state index in [1.54, 1.807) is 16.9 Å². The van der Waals surface area contributed by atoms with Crippen LogP contribution in [0.2, 0.25) is 0 Å². The van der Waals surface area contributed by atoms with Crippen LogP contribution in [0.1, 0.15) is 22.7 Å². The predicted octanol–water partition coefficient (Wildman–Crippen LogP) is 4.43. The van der Waals surface area contributed by atoms with E-state index in [9.17, 15) is 9.59 Å².